The molecule has 3 rings (SSSR count). The van der Waals surface area contributed by atoms with E-state index in [0.29, 0.717) is 23.8 Å². The van der Waals surface area contributed by atoms with Crippen LogP contribution in [-0.2, 0) is 4.79 Å². The molecule has 2 saturated heterocycles. The van der Waals surface area contributed by atoms with Crippen molar-refractivity contribution in [1.29, 1.82) is 0 Å². The quantitative estimate of drug-likeness (QED) is 0.768. The van der Waals surface area contributed by atoms with E-state index in [4.69, 9.17) is 0 Å². The van der Waals surface area contributed by atoms with Crippen molar-refractivity contribution < 1.29 is 9.90 Å². The van der Waals surface area contributed by atoms with Crippen LogP contribution in [0, 0.1) is 5.92 Å². The average molecular weight is 223 g/mol. The zero-order chi connectivity index (χ0) is 11.1. The number of hydrogen-bond acceptors (Lipinski definition) is 3. The summed E-state index contributed by atoms with van der Waals surface area (Å²) in [6, 6.07) is 1.12. The molecule has 0 aromatic carbocycles. The zero-order valence-corrected chi connectivity index (χ0v) is 9.77. The molecule has 1 saturated carbocycles. The van der Waals surface area contributed by atoms with Crippen molar-refractivity contribution in [1.82, 2.24) is 4.90 Å². The highest BCUT2D eigenvalue weighted by Gasteiger charge is 2.41. The maximum atomic E-state index is 11.7. The van der Waals surface area contributed by atoms with Crippen LogP contribution in [0.25, 0.3) is 0 Å². The van der Waals surface area contributed by atoms with E-state index in [2.05, 4.69) is 4.90 Å². The molecule has 0 amide bonds. The van der Waals surface area contributed by atoms with Crippen LogP contribution in [-0.4, -0.2) is 40.5 Å². The average Bonchev–Trinajstić information content (AvgIpc) is 2.73. The molecular formula is C13H21NO2. The molecule has 0 spiro atoms. The fourth-order valence-corrected chi connectivity index (χ4v) is 3.88. The van der Waals surface area contributed by atoms with E-state index < -0.39 is 0 Å². The Morgan fingerprint density at radius 1 is 1.19 bits per heavy atom. The van der Waals surface area contributed by atoms with Crippen molar-refractivity contribution in [3.05, 3.63) is 0 Å². The second-order valence-corrected chi connectivity index (χ2v) is 5.76. The lowest BCUT2D eigenvalue weighted by Crippen LogP contribution is -2.47. The molecule has 3 aliphatic rings. The lowest BCUT2D eigenvalue weighted by Gasteiger charge is -2.38. The first-order valence-electron chi connectivity index (χ1n) is 6.70. The lowest BCUT2D eigenvalue weighted by molar-refractivity contribution is -0.121. The number of hydrogen-bond donors (Lipinski definition) is 1. The second-order valence-electron chi connectivity index (χ2n) is 5.76. The smallest absolute Gasteiger partial charge is 0.137 e. The summed E-state index contributed by atoms with van der Waals surface area (Å²) in [7, 11) is 0. The van der Waals surface area contributed by atoms with Crippen molar-refractivity contribution in [2.24, 2.45) is 5.92 Å². The van der Waals surface area contributed by atoms with Gasteiger partial charge in [0.25, 0.3) is 0 Å². The van der Waals surface area contributed by atoms with E-state index in [-0.39, 0.29) is 6.10 Å². The number of Topliss-reactive ketones (excluding diaryl/α,β-unsaturated/α-hetero) is 1. The summed E-state index contributed by atoms with van der Waals surface area (Å²) in [6.07, 6.45) is 7.21. The maximum absolute atomic E-state index is 11.7. The van der Waals surface area contributed by atoms with Gasteiger partial charge in [0.15, 0.2) is 0 Å². The minimum Gasteiger partial charge on any atom is -0.393 e. The molecule has 90 valence electrons. The molecule has 2 aliphatic heterocycles. The summed E-state index contributed by atoms with van der Waals surface area (Å²) in [4.78, 5) is 14.2. The van der Waals surface area contributed by atoms with Crippen LogP contribution in [0.4, 0.5) is 0 Å². The SMILES string of the molecule is O=C1CCCC1CN1C2CCC1CC(O)C2. The molecule has 2 bridgehead atoms. The van der Waals surface area contributed by atoms with Gasteiger partial charge in [0.05, 0.1) is 6.10 Å². The van der Waals surface area contributed by atoms with Crippen LogP contribution in [0.2, 0.25) is 0 Å². The molecule has 0 aromatic heterocycles. The van der Waals surface area contributed by atoms with Crippen molar-refractivity contribution in [2.45, 2.75) is 63.1 Å². The van der Waals surface area contributed by atoms with Gasteiger partial charge in [0.1, 0.15) is 5.78 Å². The van der Waals surface area contributed by atoms with Gasteiger partial charge in [0, 0.05) is 31.0 Å². The van der Waals surface area contributed by atoms with Crippen LogP contribution in [0.15, 0.2) is 0 Å². The van der Waals surface area contributed by atoms with Crippen LogP contribution < -0.4 is 0 Å². The minimum absolute atomic E-state index is 0.0898. The van der Waals surface area contributed by atoms with Gasteiger partial charge in [-0.3, -0.25) is 9.69 Å². The van der Waals surface area contributed by atoms with Crippen LogP contribution in [0.5, 0.6) is 0 Å². The van der Waals surface area contributed by atoms with E-state index in [1.165, 1.54) is 12.8 Å². The standard InChI is InChI=1S/C13H21NO2/c15-12-6-10-4-5-11(7-12)14(10)8-9-2-1-3-13(9)16/h9-12,15H,1-8H2. The first kappa shape index (κ1) is 10.7. The third-order valence-corrected chi connectivity index (χ3v) is 4.72. The number of ketones is 1. The number of aliphatic hydroxyl groups excluding tert-OH is 1. The summed E-state index contributed by atoms with van der Waals surface area (Å²) in [5, 5.41) is 9.73. The van der Waals surface area contributed by atoms with Gasteiger partial charge < -0.3 is 5.11 Å². The largest absolute Gasteiger partial charge is 0.393 e. The maximum Gasteiger partial charge on any atom is 0.137 e. The number of piperidine rings is 1. The van der Waals surface area contributed by atoms with Gasteiger partial charge in [-0.1, -0.05) is 0 Å². The van der Waals surface area contributed by atoms with Crippen molar-refractivity contribution in [3.8, 4) is 0 Å². The summed E-state index contributed by atoms with van der Waals surface area (Å²) >= 11 is 0. The highest BCUT2D eigenvalue weighted by molar-refractivity contribution is 5.83. The van der Waals surface area contributed by atoms with Gasteiger partial charge >= 0.3 is 0 Å². The lowest BCUT2D eigenvalue weighted by atomic mass is 9.97. The molecule has 3 nitrogen and oxygen atoms in total. The number of fused-ring (bicyclic) bond motifs is 2. The Morgan fingerprint density at radius 2 is 1.88 bits per heavy atom. The van der Waals surface area contributed by atoms with Gasteiger partial charge in [0.2, 0.25) is 0 Å². The molecular weight excluding hydrogens is 202 g/mol. The fraction of sp³-hybridized carbons (Fsp3) is 0.923. The number of aliphatic hydroxyl groups is 1. The zero-order valence-electron chi connectivity index (χ0n) is 9.77. The highest BCUT2D eigenvalue weighted by atomic mass is 16.3. The number of nitrogens with zero attached hydrogens (tertiary/aromatic N) is 1. The summed E-state index contributed by atoms with van der Waals surface area (Å²) in [5.74, 6) is 0.781. The first-order chi connectivity index (χ1) is 7.74. The predicted octanol–water partition coefficient (Wildman–Crippen LogP) is 1.34. The molecule has 16 heavy (non-hydrogen) atoms. The van der Waals surface area contributed by atoms with E-state index in [1.807, 2.05) is 0 Å². The van der Waals surface area contributed by atoms with Crippen LogP contribution in [0.1, 0.15) is 44.9 Å². The normalized spacial score (nSPS) is 44.2. The Bertz CT molecular complexity index is 278. The van der Waals surface area contributed by atoms with E-state index in [9.17, 15) is 9.90 Å². The Labute approximate surface area is 96.8 Å². The van der Waals surface area contributed by atoms with Crippen molar-refractivity contribution >= 4 is 5.78 Å². The predicted molar refractivity (Wildman–Crippen MR) is 61.1 cm³/mol. The fourth-order valence-electron chi connectivity index (χ4n) is 3.88. The second kappa shape index (κ2) is 4.11. The summed E-state index contributed by atoms with van der Waals surface area (Å²) in [6.45, 7) is 0.973. The molecule has 2 heterocycles. The van der Waals surface area contributed by atoms with Gasteiger partial charge in [-0.2, -0.15) is 0 Å². The first-order valence-corrected chi connectivity index (χ1v) is 6.70. The molecule has 3 unspecified atom stereocenters. The summed E-state index contributed by atoms with van der Waals surface area (Å²) in [5.41, 5.74) is 0. The molecule has 0 radical (unpaired) electrons. The van der Waals surface area contributed by atoms with Gasteiger partial charge in [-0.05, 0) is 38.5 Å². The Hall–Kier alpha value is -0.410. The number of carbonyl (C=O) groups excluding carboxylic acids is 1. The Morgan fingerprint density at radius 3 is 2.44 bits per heavy atom. The molecule has 1 aliphatic carbocycles. The van der Waals surface area contributed by atoms with Gasteiger partial charge in [-0.15, -0.1) is 0 Å². The van der Waals surface area contributed by atoms with Crippen molar-refractivity contribution in [2.75, 3.05) is 6.54 Å². The Kier molecular flexibility index (Phi) is 2.76. The molecule has 1 N–H and O–H groups in total. The molecule has 3 atom stereocenters. The highest BCUT2D eigenvalue weighted by Crippen LogP contribution is 2.37. The number of rotatable bonds is 2. The molecule has 3 heteroatoms. The van der Waals surface area contributed by atoms with E-state index in [0.717, 1.165) is 38.6 Å². The minimum atomic E-state index is -0.0898. The summed E-state index contributed by atoms with van der Waals surface area (Å²) < 4.78 is 0. The van der Waals surface area contributed by atoms with E-state index in [1.54, 1.807) is 0 Å². The third kappa shape index (κ3) is 1.80. The molecule has 3 fully saturated rings. The monoisotopic (exact) mass is 223 g/mol. The molecule has 0 aromatic rings. The number of carbonyl (C=O) groups is 1. The topological polar surface area (TPSA) is 40.5 Å². The van der Waals surface area contributed by atoms with E-state index >= 15 is 0 Å². The Balaban J connectivity index is 1.65. The van der Waals surface area contributed by atoms with Crippen LogP contribution >= 0.6 is 0 Å². The third-order valence-electron chi connectivity index (χ3n) is 4.72. The van der Waals surface area contributed by atoms with Gasteiger partial charge in [-0.25, -0.2) is 0 Å². The van der Waals surface area contributed by atoms with Crippen LogP contribution in [0.3, 0.4) is 0 Å². The van der Waals surface area contributed by atoms with Crippen molar-refractivity contribution in [3.63, 3.8) is 0 Å².